The number of nitrogens with one attached hydrogen (secondary N) is 1. The number of tetrazole rings is 1. The van der Waals surface area contributed by atoms with Crippen molar-refractivity contribution < 1.29 is 0 Å². The number of aromatic amines is 1. The molecule has 1 aromatic heterocycles. The molecule has 3 N–H and O–H groups in total. The molecule has 7 heteroatoms. The fourth-order valence-electron chi connectivity index (χ4n) is 1.23. The standard InChI is InChI=1S/C9H10N6.ClH/c1-6-4-2-3-5-7(6)8(10)11-9-12-14-15-13-9;/h2-5H,1H3,(H3,10,11,12,13,14,15);1H. The number of halogens is 1. The fourth-order valence-corrected chi connectivity index (χ4v) is 1.23. The summed E-state index contributed by atoms with van der Waals surface area (Å²) in [6.45, 7) is 1.97. The van der Waals surface area contributed by atoms with Crippen molar-refractivity contribution in [2.45, 2.75) is 6.92 Å². The van der Waals surface area contributed by atoms with Crippen molar-refractivity contribution in [3.8, 4) is 0 Å². The topological polar surface area (TPSA) is 92.8 Å². The quantitative estimate of drug-likeness (QED) is 0.602. The molecule has 0 aliphatic rings. The summed E-state index contributed by atoms with van der Waals surface area (Å²) in [7, 11) is 0. The first kappa shape index (κ1) is 12.1. The SMILES string of the molecule is Cc1ccccc1C(N)=Nc1nn[nH]n1.Cl. The molecule has 2 aromatic rings. The Kier molecular flexibility index (Phi) is 3.96. The highest BCUT2D eigenvalue weighted by atomic mass is 35.5. The van der Waals surface area contributed by atoms with Gasteiger partial charge in [-0.3, -0.25) is 0 Å². The molecule has 1 aromatic carbocycles. The van der Waals surface area contributed by atoms with Crippen molar-refractivity contribution in [2.24, 2.45) is 10.7 Å². The van der Waals surface area contributed by atoms with E-state index in [2.05, 4.69) is 25.6 Å². The number of benzene rings is 1. The van der Waals surface area contributed by atoms with Crippen molar-refractivity contribution in [1.29, 1.82) is 0 Å². The zero-order valence-corrected chi connectivity index (χ0v) is 9.40. The molecule has 0 spiro atoms. The molecule has 1 heterocycles. The normalized spacial score (nSPS) is 10.9. The van der Waals surface area contributed by atoms with Crippen LogP contribution >= 0.6 is 12.4 Å². The number of hydrogen-bond acceptors (Lipinski definition) is 4. The number of aromatic nitrogens is 4. The number of nitrogens with two attached hydrogens (primary N) is 1. The van der Waals surface area contributed by atoms with E-state index in [1.807, 2.05) is 31.2 Å². The van der Waals surface area contributed by atoms with Gasteiger partial charge in [0, 0.05) is 5.56 Å². The molecular formula is C9H11ClN6. The molecule has 0 amide bonds. The summed E-state index contributed by atoms with van der Waals surface area (Å²) in [5.74, 6) is 0.616. The zero-order valence-electron chi connectivity index (χ0n) is 8.58. The Morgan fingerprint density at radius 2 is 2.12 bits per heavy atom. The first-order chi connectivity index (χ1) is 7.27. The third kappa shape index (κ3) is 2.54. The Balaban J connectivity index is 0.00000128. The summed E-state index contributed by atoms with van der Waals surface area (Å²) < 4.78 is 0. The van der Waals surface area contributed by atoms with E-state index in [9.17, 15) is 0 Å². The molecule has 0 aliphatic carbocycles. The van der Waals surface area contributed by atoms with Gasteiger partial charge in [0.2, 0.25) is 0 Å². The molecule has 0 radical (unpaired) electrons. The number of nitrogens with zero attached hydrogens (tertiary/aromatic N) is 4. The molecule has 0 saturated carbocycles. The first-order valence-electron chi connectivity index (χ1n) is 4.41. The number of H-pyrrole nitrogens is 1. The van der Waals surface area contributed by atoms with Gasteiger partial charge in [0.1, 0.15) is 5.84 Å². The number of amidine groups is 1. The van der Waals surface area contributed by atoms with Crippen LogP contribution in [0.1, 0.15) is 11.1 Å². The van der Waals surface area contributed by atoms with E-state index in [1.54, 1.807) is 0 Å². The van der Waals surface area contributed by atoms with Crippen LogP contribution in [0.3, 0.4) is 0 Å². The van der Waals surface area contributed by atoms with Gasteiger partial charge in [-0.2, -0.15) is 10.2 Å². The Hall–Kier alpha value is -1.95. The average Bonchev–Trinajstić information content (AvgIpc) is 2.71. The highest BCUT2D eigenvalue weighted by molar-refractivity contribution is 5.99. The van der Waals surface area contributed by atoms with Crippen molar-refractivity contribution in [3.63, 3.8) is 0 Å². The van der Waals surface area contributed by atoms with Crippen molar-refractivity contribution in [2.75, 3.05) is 0 Å². The Morgan fingerprint density at radius 1 is 1.38 bits per heavy atom. The van der Waals surface area contributed by atoms with Gasteiger partial charge in [-0.15, -0.1) is 17.5 Å². The number of hydrogen-bond donors (Lipinski definition) is 2. The Bertz CT molecular complexity index is 479. The second-order valence-corrected chi connectivity index (χ2v) is 3.02. The molecule has 0 bridgehead atoms. The maximum Gasteiger partial charge on any atom is 0.290 e. The van der Waals surface area contributed by atoms with Crippen LogP contribution in [0.5, 0.6) is 0 Å². The minimum Gasteiger partial charge on any atom is -0.383 e. The van der Waals surface area contributed by atoms with Gasteiger partial charge in [-0.25, -0.2) is 0 Å². The van der Waals surface area contributed by atoms with Gasteiger partial charge < -0.3 is 5.73 Å². The summed E-state index contributed by atoms with van der Waals surface area (Å²) >= 11 is 0. The van der Waals surface area contributed by atoms with Crippen molar-refractivity contribution >= 4 is 24.2 Å². The van der Waals surface area contributed by atoms with Crippen LogP contribution in [0.25, 0.3) is 0 Å². The molecule has 0 atom stereocenters. The van der Waals surface area contributed by atoms with E-state index in [4.69, 9.17) is 5.73 Å². The molecule has 6 nitrogen and oxygen atoms in total. The Morgan fingerprint density at radius 3 is 2.75 bits per heavy atom. The van der Waals surface area contributed by atoms with E-state index in [-0.39, 0.29) is 18.4 Å². The third-order valence-electron chi connectivity index (χ3n) is 1.98. The summed E-state index contributed by atoms with van der Waals surface area (Å²) in [5.41, 5.74) is 7.75. The van der Waals surface area contributed by atoms with E-state index in [0.29, 0.717) is 5.84 Å². The zero-order chi connectivity index (χ0) is 10.7. The second kappa shape index (κ2) is 5.22. The molecule has 0 saturated heterocycles. The summed E-state index contributed by atoms with van der Waals surface area (Å²) in [6.07, 6.45) is 0. The lowest BCUT2D eigenvalue weighted by Gasteiger charge is -2.02. The summed E-state index contributed by atoms with van der Waals surface area (Å²) in [5, 5.41) is 13.1. The number of aryl methyl sites for hydroxylation is 1. The molecular weight excluding hydrogens is 228 g/mol. The van der Waals surface area contributed by atoms with E-state index < -0.39 is 0 Å². The van der Waals surface area contributed by atoms with E-state index in [0.717, 1.165) is 11.1 Å². The molecule has 0 fully saturated rings. The van der Waals surface area contributed by atoms with Crippen LogP contribution in [-0.2, 0) is 0 Å². The van der Waals surface area contributed by atoms with Gasteiger partial charge in [-0.1, -0.05) is 29.4 Å². The third-order valence-corrected chi connectivity index (χ3v) is 1.98. The molecule has 0 aliphatic heterocycles. The first-order valence-corrected chi connectivity index (χ1v) is 4.41. The number of aliphatic imine (C=N–C) groups is 1. The maximum atomic E-state index is 5.82. The predicted octanol–water partition coefficient (Wildman–Crippen LogP) is 0.967. The van der Waals surface area contributed by atoms with Crippen LogP contribution in [0.4, 0.5) is 5.95 Å². The second-order valence-electron chi connectivity index (χ2n) is 3.02. The van der Waals surface area contributed by atoms with Crippen LogP contribution in [-0.4, -0.2) is 26.5 Å². The minimum absolute atomic E-state index is 0. The van der Waals surface area contributed by atoms with E-state index >= 15 is 0 Å². The lowest BCUT2D eigenvalue weighted by Crippen LogP contribution is -2.14. The Labute approximate surface area is 98.4 Å². The molecule has 2 rings (SSSR count). The fraction of sp³-hybridized carbons (Fsp3) is 0.111. The largest absolute Gasteiger partial charge is 0.383 e. The number of rotatable bonds is 2. The van der Waals surface area contributed by atoms with Crippen LogP contribution in [0, 0.1) is 6.92 Å². The van der Waals surface area contributed by atoms with Gasteiger partial charge in [0.15, 0.2) is 0 Å². The van der Waals surface area contributed by atoms with Gasteiger partial charge in [0.25, 0.3) is 5.95 Å². The summed E-state index contributed by atoms with van der Waals surface area (Å²) in [6, 6.07) is 7.71. The van der Waals surface area contributed by atoms with Crippen LogP contribution in [0.2, 0.25) is 0 Å². The highest BCUT2D eigenvalue weighted by Crippen LogP contribution is 2.08. The maximum absolute atomic E-state index is 5.82. The molecule has 16 heavy (non-hydrogen) atoms. The van der Waals surface area contributed by atoms with Gasteiger partial charge in [0.05, 0.1) is 0 Å². The lowest BCUT2D eigenvalue weighted by molar-refractivity contribution is 0.881. The van der Waals surface area contributed by atoms with Crippen LogP contribution in [0.15, 0.2) is 29.3 Å². The monoisotopic (exact) mass is 238 g/mol. The minimum atomic E-state index is 0. The molecule has 84 valence electrons. The van der Waals surface area contributed by atoms with Gasteiger partial charge >= 0.3 is 0 Å². The van der Waals surface area contributed by atoms with Crippen LogP contribution < -0.4 is 5.73 Å². The van der Waals surface area contributed by atoms with Crippen molar-refractivity contribution in [1.82, 2.24) is 20.6 Å². The van der Waals surface area contributed by atoms with E-state index in [1.165, 1.54) is 0 Å². The average molecular weight is 239 g/mol. The van der Waals surface area contributed by atoms with Gasteiger partial charge in [-0.05, 0) is 17.7 Å². The predicted molar refractivity (Wildman–Crippen MR) is 63.0 cm³/mol. The summed E-state index contributed by atoms with van der Waals surface area (Å²) in [4.78, 5) is 4.03. The van der Waals surface area contributed by atoms with Crippen molar-refractivity contribution in [3.05, 3.63) is 35.4 Å². The smallest absolute Gasteiger partial charge is 0.290 e. The lowest BCUT2D eigenvalue weighted by atomic mass is 10.1. The highest BCUT2D eigenvalue weighted by Gasteiger charge is 2.03. The molecule has 0 unspecified atom stereocenters.